The smallest absolute Gasteiger partial charge is 0.410 e. The van der Waals surface area contributed by atoms with Crippen molar-refractivity contribution in [2.75, 3.05) is 39.3 Å². The van der Waals surface area contributed by atoms with Crippen LogP contribution in [0.4, 0.5) is 9.18 Å². The van der Waals surface area contributed by atoms with Crippen LogP contribution in [0.15, 0.2) is 24.5 Å². The van der Waals surface area contributed by atoms with Crippen LogP contribution in [0.2, 0.25) is 0 Å². The monoisotopic (exact) mass is 543 g/mol. The number of piperazine rings is 1. The molecule has 39 heavy (non-hydrogen) atoms. The van der Waals surface area contributed by atoms with Gasteiger partial charge in [-0.1, -0.05) is 0 Å². The summed E-state index contributed by atoms with van der Waals surface area (Å²) in [5, 5.41) is 0. The number of nitrogens with zero attached hydrogens (tertiary/aromatic N) is 5. The fraction of sp³-hybridized carbons (Fsp3) is 0.571. The molecule has 1 aromatic carbocycles. The molecule has 0 N–H and O–H groups in total. The van der Waals surface area contributed by atoms with E-state index in [2.05, 4.69) is 28.7 Å². The van der Waals surface area contributed by atoms with E-state index in [1.54, 1.807) is 22.8 Å². The Morgan fingerprint density at radius 2 is 1.62 bits per heavy atom. The largest absolute Gasteiger partial charge is 0.474 e. The molecule has 2 aliphatic heterocycles. The van der Waals surface area contributed by atoms with Crippen LogP contribution in [-0.4, -0.2) is 94.2 Å². The van der Waals surface area contributed by atoms with Crippen LogP contribution < -0.4 is 9.47 Å². The number of piperidine rings is 1. The highest BCUT2D eigenvalue weighted by atomic mass is 19.1. The fourth-order valence-corrected chi connectivity index (χ4v) is 4.68. The molecule has 2 aliphatic rings. The van der Waals surface area contributed by atoms with E-state index in [0.29, 0.717) is 56.5 Å². The third kappa shape index (κ3) is 7.14. The Labute approximate surface area is 229 Å². The predicted molar refractivity (Wildman–Crippen MR) is 143 cm³/mol. The van der Waals surface area contributed by atoms with Crippen LogP contribution in [0.5, 0.6) is 17.5 Å². The van der Waals surface area contributed by atoms with E-state index in [0.717, 1.165) is 13.1 Å². The maximum Gasteiger partial charge on any atom is 0.410 e. The minimum Gasteiger partial charge on any atom is -0.474 e. The Bertz CT molecular complexity index is 1160. The molecule has 0 radical (unpaired) electrons. The van der Waals surface area contributed by atoms with Gasteiger partial charge in [0.15, 0.2) is 11.6 Å². The number of halogens is 1. The topological polar surface area (TPSA) is 97.3 Å². The Morgan fingerprint density at radius 3 is 2.23 bits per heavy atom. The standard InChI is InChI=1S/C28H38FN5O5/c1-18(2)32-12-14-33(15-13-32)27(35)21-6-7-24(23(29)16-21)39-26-20(5)25(30-17-31-26)38-22-8-10-34(11-9-22)28(36)37-19(3)4/h6-7,16-19,22H,8-15H2,1-5H3. The first-order valence-electron chi connectivity index (χ1n) is 13.6. The number of carbonyl (C=O) groups is 2. The molecule has 10 nitrogen and oxygen atoms in total. The number of carbonyl (C=O) groups excluding carboxylic acids is 2. The van der Waals surface area contributed by atoms with Gasteiger partial charge < -0.3 is 24.0 Å². The first-order valence-corrected chi connectivity index (χ1v) is 13.6. The summed E-state index contributed by atoms with van der Waals surface area (Å²) in [4.78, 5) is 39.2. The number of amides is 2. The zero-order valence-electron chi connectivity index (χ0n) is 23.4. The zero-order valence-corrected chi connectivity index (χ0v) is 23.4. The van der Waals surface area contributed by atoms with E-state index in [4.69, 9.17) is 14.2 Å². The van der Waals surface area contributed by atoms with Crippen molar-refractivity contribution in [2.24, 2.45) is 0 Å². The van der Waals surface area contributed by atoms with Crippen molar-refractivity contribution in [1.82, 2.24) is 24.7 Å². The fourth-order valence-electron chi connectivity index (χ4n) is 4.68. The van der Waals surface area contributed by atoms with Crippen LogP contribution in [-0.2, 0) is 4.74 Å². The van der Waals surface area contributed by atoms with Crippen molar-refractivity contribution in [3.8, 4) is 17.5 Å². The molecule has 0 bridgehead atoms. The molecule has 0 atom stereocenters. The number of rotatable bonds is 7. The van der Waals surface area contributed by atoms with E-state index in [1.165, 1.54) is 18.5 Å². The van der Waals surface area contributed by atoms with Crippen molar-refractivity contribution in [2.45, 2.75) is 65.7 Å². The normalized spacial score (nSPS) is 17.0. The number of aromatic nitrogens is 2. The third-order valence-corrected chi connectivity index (χ3v) is 7.02. The minimum absolute atomic E-state index is 0.0408. The molecule has 11 heteroatoms. The molecule has 2 fully saturated rings. The predicted octanol–water partition coefficient (Wildman–Crippen LogP) is 4.27. The summed E-state index contributed by atoms with van der Waals surface area (Å²) < 4.78 is 32.1. The Hall–Kier alpha value is -3.47. The highest BCUT2D eigenvalue weighted by Crippen LogP contribution is 2.31. The summed E-state index contributed by atoms with van der Waals surface area (Å²) >= 11 is 0. The molecule has 4 rings (SSSR count). The van der Waals surface area contributed by atoms with E-state index in [1.807, 2.05) is 13.8 Å². The molecule has 0 spiro atoms. The van der Waals surface area contributed by atoms with Crippen LogP contribution in [0.3, 0.4) is 0 Å². The van der Waals surface area contributed by atoms with Crippen molar-refractivity contribution in [3.63, 3.8) is 0 Å². The van der Waals surface area contributed by atoms with Gasteiger partial charge in [0.05, 0.1) is 11.7 Å². The molecule has 2 saturated heterocycles. The lowest BCUT2D eigenvalue weighted by molar-refractivity contribution is 0.0504. The highest BCUT2D eigenvalue weighted by molar-refractivity contribution is 5.94. The summed E-state index contributed by atoms with van der Waals surface area (Å²) in [6, 6.07) is 4.65. The van der Waals surface area contributed by atoms with Crippen molar-refractivity contribution >= 4 is 12.0 Å². The van der Waals surface area contributed by atoms with Crippen LogP contribution >= 0.6 is 0 Å². The van der Waals surface area contributed by atoms with Gasteiger partial charge in [0.25, 0.3) is 5.91 Å². The molecule has 2 amide bonds. The van der Waals surface area contributed by atoms with Gasteiger partial charge in [0.1, 0.15) is 12.4 Å². The lowest BCUT2D eigenvalue weighted by atomic mass is 10.1. The Balaban J connectivity index is 1.36. The summed E-state index contributed by atoms with van der Waals surface area (Å²) in [7, 11) is 0. The van der Waals surface area contributed by atoms with Gasteiger partial charge in [-0.3, -0.25) is 9.69 Å². The van der Waals surface area contributed by atoms with E-state index in [9.17, 15) is 14.0 Å². The summed E-state index contributed by atoms with van der Waals surface area (Å²) in [5.41, 5.74) is 0.812. The SMILES string of the molecule is Cc1c(Oc2ccc(C(=O)N3CCN(C(C)C)CC3)cc2F)ncnc1OC1CCN(C(=O)OC(C)C)CC1. The second kappa shape index (κ2) is 12.6. The third-order valence-electron chi connectivity index (χ3n) is 7.02. The van der Waals surface area contributed by atoms with E-state index >= 15 is 0 Å². The number of hydrogen-bond acceptors (Lipinski definition) is 8. The lowest BCUT2D eigenvalue weighted by Gasteiger charge is -2.37. The first-order chi connectivity index (χ1) is 18.6. The van der Waals surface area contributed by atoms with E-state index < -0.39 is 5.82 Å². The van der Waals surface area contributed by atoms with Crippen molar-refractivity contribution in [1.29, 1.82) is 0 Å². The second-order valence-corrected chi connectivity index (χ2v) is 10.5. The quantitative estimate of drug-likeness (QED) is 0.511. The molecule has 0 saturated carbocycles. The minimum atomic E-state index is -0.650. The Morgan fingerprint density at radius 1 is 0.949 bits per heavy atom. The van der Waals surface area contributed by atoms with Gasteiger partial charge in [-0.15, -0.1) is 0 Å². The maximum absolute atomic E-state index is 15.0. The van der Waals surface area contributed by atoms with Crippen LogP contribution in [0.1, 0.15) is 56.5 Å². The van der Waals surface area contributed by atoms with Crippen LogP contribution in [0.25, 0.3) is 0 Å². The molecule has 1 aromatic heterocycles. The van der Waals surface area contributed by atoms with Crippen molar-refractivity contribution < 1.29 is 28.2 Å². The van der Waals surface area contributed by atoms with Gasteiger partial charge in [-0.2, -0.15) is 0 Å². The molecule has 3 heterocycles. The number of ether oxygens (including phenoxy) is 3. The molecule has 0 aliphatic carbocycles. The summed E-state index contributed by atoms with van der Waals surface area (Å²) in [5.74, 6) is -0.373. The summed E-state index contributed by atoms with van der Waals surface area (Å²) in [6.45, 7) is 13.5. The maximum atomic E-state index is 15.0. The zero-order chi connectivity index (χ0) is 28.1. The second-order valence-electron chi connectivity index (χ2n) is 10.5. The average molecular weight is 544 g/mol. The Kier molecular flexibility index (Phi) is 9.21. The molecule has 2 aromatic rings. The van der Waals surface area contributed by atoms with Crippen LogP contribution in [0, 0.1) is 12.7 Å². The molecule has 212 valence electrons. The molecular formula is C28H38FN5O5. The first kappa shape index (κ1) is 28.5. The number of benzene rings is 1. The number of likely N-dealkylation sites (tertiary alicyclic amines) is 1. The van der Waals surface area contributed by atoms with E-state index in [-0.39, 0.29) is 41.4 Å². The number of hydrogen-bond donors (Lipinski definition) is 0. The van der Waals surface area contributed by atoms with Gasteiger partial charge in [0, 0.05) is 63.7 Å². The lowest BCUT2D eigenvalue weighted by Crippen LogP contribution is -2.50. The van der Waals surface area contributed by atoms with Gasteiger partial charge in [-0.25, -0.2) is 19.2 Å². The highest BCUT2D eigenvalue weighted by Gasteiger charge is 2.27. The summed E-state index contributed by atoms with van der Waals surface area (Å²) in [6.07, 6.45) is 1.94. The van der Waals surface area contributed by atoms with Crippen molar-refractivity contribution in [3.05, 3.63) is 41.5 Å². The molecular weight excluding hydrogens is 505 g/mol. The average Bonchev–Trinajstić information content (AvgIpc) is 2.91. The van der Waals surface area contributed by atoms with Gasteiger partial charge in [0.2, 0.25) is 11.8 Å². The van der Waals surface area contributed by atoms with Gasteiger partial charge in [-0.05, 0) is 52.8 Å². The van der Waals surface area contributed by atoms with Gasteiger partial charge >= 0.3 is 6.09 Å². The molecule has 0 unspecified atom stereocenters.